The molecule has 0 spiro atoms. The zero-order chi connectivity index (χ0) is 7.68. The van der Waals surface area contributed by atoms with E-state index < -0.39 is 0 Å². The summed E-state index contributed by atoms with van der Waals surface area (Å²) in [7, 11) is 0. The van der Waals surface area contributed by atoms with Crippen molar-refractivity contribution in [2.24, 2.45) is 5.92 Å². The van der Waals surface area contributed by atoms with Gasteiger partial charge in [0.15, 0.2) is 0 Å². The third kappa shape index (κ3) is 2.12. The smallest absolute Gasteiger partial charge is 1.00 e. The molecule has 0 aromatic heterocycles. The van der Waals surface area contributed by atoms with E-state index in [0.29, 0.717) is 0 Å². The third-order valence-electron chi connectivity index (χ3n) is 2.59. The van der Waals surface area contributed by atoms with Crippen molar-refractivity contribution in [2.45, 2.75) is 26.2 Å². The van der Waals surface area contributed by atoms with Crippen LogP contribution in [0.5, 0.6) is 0 Å². The van der Waals surface area contributed by atoms with Crippen LogP contribution in [0.3, 0.4) is 0 Å². The van der Waals surface area contributed by atoms with Crippen LogP contribution in [-0.2, 0) is 12.8 Å². The van der Waals surface area contributed by atoms with Gasteiger partial charge < -0.3 is 1.43 Å². The monoisotopic (exact) mass is 170 g/mol. The molecule has 1 atom stereocenters. The van der Waals surface area contributed by atoms with Crippen LogP contribution >= 0.6 is 0 Å². The SMILES string of the molecule is CC1CCc2ccccc2C1.[H-].[Na+]. The Hall–Kier alpha value is 0.220. The van der Waals surface area contributed by atoms with Gasteiger partial charge in [-0.2, -0.15) is 0 Å². The van der Waals surface area contributed by atoms with E-state index in [1.165, 1.54) is 19.3 Å². The van der Waals surface area contributed by atoms with Crippen LogP contribution in [0.1, 0.15) is 25.9 Å². The van der Waals surface area contributed by atoms with E-state index in [2.05, 4.69) is 31.2 Å². The fourth-order valence-electron chi connectivity index (χ4n) is 1.88. The molecule has 0 nitrogen and oxygen atoms in total. The predicted octanol–water partition coefficient (Wildman–Crippen LogP) is -0.0721. The van der Waals surface area contributed by atoms with E-state index in [9.17, 15) is 0 Å². The Bertz CT molecular complexity index is 260. The minimum atomic E-state index is 0. The number of benzene rings is 1. The number of hydrogen-bond donors (Lipinski definition) is 0. The van der Waals surface area contributed by atoms with Crippen molar-refractivity contribution in [2.75, 3.05) is 0 Å². The summed E-state index contributed by atoms with van der Waals surface area (Å²) in [5, 5.41) is 0. The Morgan fingerprint density at radius 3 is 2.67 bits per heavy atom. The van der Waals surface area contributed by atoms with Crippen molar-refractivity contribution in [3.8, 4) is 0 Å². The average Bonchev–Trinajstić information content (AvgIpc) is 2.04. The summed E-state index contributed by atoms with van der Waals surface area (Å²) in [5.41, 5.74) is 3.15. The first-order valence-electron chi connectivity index (χ1n) is 4.43. The molecule has 0 saturated carbocycles. The molecule has 1 aliphatic rings. The van der Waals surface area contributed by atoms with Crippen LogP contribution in [0.4, 0.5) is 0 Å². The van der Waals surface area contributed by atoms with Crippen molar-refractivity contribution in [3.05, 3.63) is 35.4 Å². The van der Waals surface area contributed by atoms with Gasteiger partial charge in [0, 0.05) is 0 Å². The molecule has 1 aromatic carbocycles. The van der Waals surface area contributed by atoms with E-state index in [1.807, 2.05) is 0 Å². The summed E-state index contributed by atoms with van der Waals surface area (Å²) in [6, 6.07) is 8.83. The van der Waals surface area contributed by atoms with Gasteiger partial charge in [-0.3, -0.25) is 0 Å². The number of rotatable bonds is 0. The summed E-state index contributed by atoms with van der Waals surface area (Å²) >= 11 is 0. The standard InChI is InChI=1S/C11H14.Na.H/c1-9-6-7-10-4-2-3-5-11(10)8-9;;/h2-5,9H,6-8H2,1H3;;/q;+1;-1. The molecule has 0 saturated heterocycles. The maximum absolute atomic E-state index is 2.34. The van der Waals surface area contributed by atoms with Gasteiger partial charge in [0.25, 0.3) is 0 Å². The van der Waals surface area contributed by atoms with Crippen LogP contribution in [0.2, 0.25) is 0 Å². The van der Waals surface area contributed by atoms with E-state index in [-0.39, 0.29) is 31.0 Å². The van der Waals surface area contributed by atoms with Crippen molar-refractivity contribution < 1.29 is 31.0 Å². The summed E-state index contributed by atoms with van der Waals surface area (Å²) in [5.74, 6) is 0.893. The first-order valence-corrected chi connectivity index (χ1v) is 4.43. The van der Waals surface area contributed by atoms with Crippen LogP contribution in [0.25, 0.3) is 0 Å². The van der Waals surface area contributed by atoms with Crippen LogP contribution in [-0.4, -0.2) is 0 Å². The first kappa shape index (κ1) is 10.3. The predicted molar refractivity (Wildman–Crippen MR) is 48.7 cm³/mol. The first-order chi connectivity index (χ1) is 5.36. The van der Waals surface area contributed by atoms with Crippen LogP contribution in [0.15, 0.2) is 24.3 Å². The molecule has 12 heavy (non-hydrogen) atoms. The topological polar surface area (TPSA) is 0 Å². The summed E-state index contributed by atoms with van der Waals surface area (Å²) in [6.45, 7) is 2.34. The van der Waals surface area contributed by atoms with Gasteiger partial charge in [-0.15, -0.1) is 0 Å². The number of aryl methyl sites for hydroxylation is 1. The Balaban J connectivity index is 0.000000720. The average molecular weight is 170 g/mol. The van der Waals surface area contributed by atoms with Gasteiger partial charge in [0.05, 0.1) is 0 Å². The minimum absolute atomic E-state index is 0. The van der Waals surface area contributed by atoms with Gasteiger partial charge in [-0.1, -0.05) is 31.2 Å². The molecular formula is C11H15Na. The van der Waals surface area contributed by atoms with Gasteiger partial charge >= 0.3 is 29.6 Å². The van der Waals surface area contributed by atoms with E-state index in [1.54, 1.807) is 11.1 Å². The molecule has 0 radical (unpaired) electrons. The maximum Gasteiger partial charge on any atom is 1.00 e. The van der Waals surface area contributed by atoms with Crippen LogP contribution < -0.4 is 29.6 Å². The van der Waals surface area contributed by atoms with Gasteiger partial charge in [-0.05, 0) is 36.3 Å². The molecule has 1 heteroatoms. The van der Waals surface area contributed by atoms with Crippen LogP contribution in [0, 0.1) is 5.92 Å². The molecule has 1 aliphatic carbocycles. The van der Waals surface area contributed by atoms with Crippen molar-refractivity contribution in [1.82, 2.24) is 0 Å². The molecule has 0 heterocycles. The Morgan fingerprint density at radius 1 is 1.25 bits per heavy atom. The second-order valence-corrected chi connectivity index (χ2v) is 3.62. The summed E-state index contributed by atoms with van der Waals surface area (Å²) in [6.07, 6.45) is 3.95. The molecule has 0 N–H and O–H groups in total. The summed E-state index contributed by atoms with van der Waals surface area (Å²) in [4.78, 5) is 0. The fourth-order valence-corrected chi connectivity index (χ4v) is 1.88. The zero-order valence-electron chi connectivity index (χ0n) is 9.01. The molecule has 60 valence electrons. The number of hydrogen-bond acceptors (Lipinski definition) is 0. The van der Waals surface area contributed by atoms with Gasteiger partial charge in [0.1, 0.15) is 0 Å². The minimum Gasteiger partial charge on any atom is -1.00 e. The third-order valence-corrected chi connectivity index (χ3v) is 2.59. The van der Waals surface area contributed by atoms with E-state index >= 15 is 0 Å². The second kappa shape index (κ2) is 4.45. The fraction of sp³-hybridized carbons (Fsp3) is 0.455. The molecule has 1 aromatic rings. The molecule has 0 aliphatic heterocycles. The van der Waals surface area contributed by atoms with Gasteiger partial charge in [-0.25, -0.2) is 0 Å². The largest absolute Gasteiger partial charge is 1.00 e. The molecule has 1 unspecified atom stereocenters. The molecule has 2 rings (SSSR count). The molecular weight excluding hydrogens is 155 g/mol. The van der Waals surface area contributed by atoms with E-state index in [0.717, 1.165) is 5.92 Å². The van der Waals surface area contributed by atoms with Crippen molar-refractivity contribution >= 4 is 0 Å². The Kier molecular flexibility index (Phi) is 3.82. The van der Waals surface area contributed by atoms with Crippen molar-refractivity contribution in [1.29, 1.82) is 0 Å². The molecule has 0 amide bonds. The quantitative estimate of drug-likeness (QED) is 0.478. The second-order valence-electron chi connectivity index (χ2n) is 3.62. The Labute approximate surface area is 98.1 Å². The Morgan fingerprint density at radius 2 is 1.92 bits per heavy atom. The molecule has 0 fully saturated rings. The van der Waals surface area contributed by atoms with Gasteiger partial charge in [0.2, 0.25) is 0 Å². The van der Waals surface area contributed by atoms with Crippen molar-refractivity contribution in [3.63, 3.8) is 0 Å². The maximum atomic E-state index is 2.34. The van der Waals surface area contributed by atoms with E-state index in [4.69, 9.17) is 0 Å². The zero-order valence-corrected chi connectivity index (χ0v) is 10.0. The summed E-state index contributed by atoms with van der Waals surface area (Å²) < 4.78 is 0. The number of fused-ring (bicyclic) bond motifs is 1. The molecule has 0 bridgehead atoms. The normalized spacial score (nSPS) is 20.9.